The fourth-order valence-electron chi connectivity index (χ4n) is 2.54. The van der Waals surface area contributed by atoms with E-state index in [4.69, 9.17) is 17.0 Å². The number of halogens is 1. The van der Waals surface area contributed by atoms with Crippen molar-refractivity contribution in [2.45, 2.75) is 39.2 Å². The molecule has 1 N–H and O–H groups in total. The topological polar surface area (TPSA) is 58.6 Å². The summed E-state index contributed by atoms with van der Waals surface area (Å²) < 4.78 is 18.3. The predicted octanol–water partition coefficient (Wildman–Crippen LogP) is 3.26. The summed E-state index contributed by atoms with van der Waals surface area (Å²) in [6, 6.07) is 5.66. The molecule has 1 aromatic rings. The average molecular weight is 366 g/mol. The summed E-state index contributed by atoms with van der Waals surface area (Å²) in [5.41, 5.74) is 0.0584. The highest BCUT2D eigenvalue weighted by Gasteiger charge is 2.30. The van der Waals surface area contributed by atoms with Crippen molar-refractivity contribution < 1.29 is 18.7 Å². The molecule has 0 atom stereocenters. The normalized spacial score (nSPS) is 15.6. The second-order valence-electron chi connectivity index (χ2n) is 7.07. The smallest absolute Gasteiger partial charge is 0.410 e. The fourth-order valence-corrected chi connectivity index (χ4v) is 2.77. The molecule has 7 heteroatoms. The van der Waals surface area contributed by atoms with Crippen molar-refractivity contribution in [2.75, 3.05) is 13.1 Å². The Kier molecular flexibility index (Phi) is 6.11. The highest BCUT2D eigenvalue weighted by atomic mass is 32.1. The number of hydrogen-bond acceptors (Lipinski definition) is 4. The Balaban J connectivity index is 1.84. The maximum absolute atomic E-state index is 12.9. The lowest BCUT2D eigenvalue weighted by Gasteiger charge is -2.32. The van der Waals surface area contributed by atoms with Gasteiger partial charge in [0.05, 0.1) is 0 Å². The van der Waals surface area contributed by atoms with Crippen LogP contribution in [0.15, 0.2) is 24.3 Å². The van der Waals surface area contributed by atoms with Gasteiger partial charge in [0.15, 0.2) is 0 Å². The SMILES string of the molecule is CC(C)(C)OC(=O)N1CCC(C(=O)NC(=S)c2ccc(F)cc2)CC1. The first-order valence-electron chi connectivity index (χ1n) is 8.24. The fraction of sp³-hybridized carbons (Fsp3) is 0.500. The maximum atomic E-state index is 12.9. The van der Waals surface area contributed by atoms with Crippen LogP contribution in [-0.4, -0.2) is 40.6 Å². The Morgan fingerprint density at radius 3 is 2.28 bits per heavy atom. The molecule has 0 aliphatic carbocycles. The highest BCUT2D eigenvalue weighted by molar-refractivity contribution is 7.80. The number of hydrogen-bond donors (Lipinski definition) is 1. The van der Waals surface area contributed by atoms with Gasteiger partial charge in [-0.1, -0.05) is 12.2 Å². The molecule has 25 heavy (non-hydrogen) atoms. The molecular formula is C18H23FN2O3S. The molecule has 0 saturated carbocycles. The van der Waals surface area contributed by atoms with Crippen molar-refractivity contribution >= 4 is 29.2 Å². The maximum Gasteiger partial charge on any atom is 0.410 e. The quantitative estimate of drug-likeness (QED) is 0.816. The van der Waals surface area contributed by atoms with Crippen LogP contribution < -0.4 is 5.32 Å². The Labute approximate surface area is 152 Å². The number of rotatable bonds is 2. The van der Waals surface area contributed by atoms with Crippen LogP contribution in [0.2, 0.25) is 0 Å². The standard InChI is InChI=1S/C18H23FN2O3S/c1-18(2,3)24-17(23)21-10-8-12(9-11-21)15(22)20-16(25)13-4-6-14(19)7-5-13/h4-7,12H,8-11H2,1-3H3,(H,20,22,25). The highest BCUT2D eigenvalue weighted by Crippen LogP contribution is 2.20. The van der Waals surface area contributed by atoms with Crippen molar-refractivity contribution in [1.82, 2.24) is 10.2 Å². The summed E-state index contributed by atoms with van der Waals surface area (Å²) in [4.78, 5) is 26.3. The van der Waals surface area contributed by atoms with Crippen LogP contribution in [0.1, 0.15) is 39.2 Å². The molecule has 1 aliphatic rings. The van der Waals surface area contributed by atoms with Crippen molar-refractivity contribution in [3.63, 3.8) is 0 Å². The second-order valence-corrected chi connectivity index (χ2v) is 7.48. The van der Waals surface area contributed by atoms with Crippen LogP contribution in [0.4, 0.5) is 9.18 Å². The zero-order valence-corrected chi connectivity index (χ0v) is 15.5. The molecule has 1 aliphatic heterocycles. The number of likely N-dealkylation sites (tertiary alicyclic amines) is 1. The minimum Gasteiger partial charge on any atom is -0.444 e. The monoisotopic (exact) mass is 366 g/mol. The van der Waals surface area contributed by atoms with E-state index >= 15 is 0 Å². The van der Waals surface area contributed by atoms with Gasteiger partial charge in [-0.2, -0.15) is 0 Å². The summed E-state index contributed by atoms with van der Waals surface area (Å²) in [6.45, 7) is 6.40. The van der Waals surface area contributed by atoms with Gasteiger partial charge in [-0.25, -0.2) is 9.18 Å². The van der Waals surface area contributed by atoms with Gasteiger partial charge in [0.1, 0.15) is 16.4 Å². The van der Waals surface area contributed by atoms with E-state index in [1.807, 2.05) is 20.8 Å². The predicted molar refractivity (Wildman–Crippen MR) is 96.8 cm³/mol. The lowest BCUT2D eigenvalue weighted by molar-refractivity contribution is -0.124. The third-order valence-corrected chi connectivity index (χ3v) is 4.20. The van der Waals surface area contributed by atoms with E-state index in [1.165, 1.54) is 24.3 Å². The van der Waals surface area contributed by atoms with Crippen LogP contribution in [0.3, 0.4) is 0 Å². The van der Waals surface area contributed by atoms with Crippen LogP contribution >= 0.6 is 12.2 Å². The van der Waals surface area contributed by atoms with Gasteiger partial charge in [0, 0.05) is 24.6 Å². The minimum absolute atomic E-state index is 0.168. The third kappa shape index (κ3) is 5.77. The van der Waals surface area contributed by atoms with Gasteiger partial charge < -0.3 is 15.0 Å². The molecule has 5 nitrogen and oxygen atoms in total. The van der Waals surface area contributed by atoms with Gasteiger partial charge >= 0.3 is 6.09 Å². The molecule has 0 aromatic heterocycles. The Morgan fingerprint density at radius 1 is 1.20 bits per heavy atom. The molecule has 0 bridgehead atoms. The summed E-state index contributed by atoms with van der Waals surface area (Å²) in [5.74, 6) is -0.734. The van der Waals surface area contributed by atoms with Crippen LogP contribution in [0.5, 0.6) is 0 Å². The lowest BCUT2D eigenvalue weighted by Crippen LogP contribution is -2.45. The minimum atomic E-state index is -0.535. The van der Waals surface area contributed by atoms with Crippen molar-refractivity contribution in [1.29, 1.82) is 0 Å². The van der Waals surface area contributed by atoms with Crippen molar-refractivity contribution in [3.05, 3.63) is 35.6 Å². The van der Waals surface area contributed by atoms with Crippen molar-refractivity contribution in [2.24, 2.45) is 5.92 Å². The molecule has 2 amide bonds. The first kappa shape index (κ1) is 19.3. The number of nitrogens with one attached hydrogen (secondary N) is 1. The molecule has 136 valence electrons. The molecule has 2 rings (SSSR count). The number of thiocarbonyl (C=S) groups is 1. The number of nitrogens with zero attached hydrogens (tertiary/aromatic N) is 1. The molecule has 0 spiro atoms. The summed E-state index contributed by atoms with van der Waals surface area (Å²) in [6.07, 6.45) is 0.752. The van der Waals surface area contributed by atoms with Crippen LogP contribution in [0.25, 0.3) is 0 Å². The molecule has 1 heterocycles. The Morgan fingerprint density at radius 2 is 1.76 bits per heavy atom. The zero-order valence-electron chi connectivity index (χ0n) is 14.7. The average Bonchev–Trinajstić information content (AvgIpc) is 2.54. The van der Waals surface area contributed by atoms with E-state index in [1.54, 1.807) is 4.90 Å². The van der Waals surface area contributed by atoms with Gasteiger partial charge in [0.2, 0.25) is 5.91 Å². The van der Waals surface area contributed by atoms with Gasteiger partial charge in [-0.3, -0.25) is 4.79 Å². The first-order valence-corrected chi connectivity index (χ1v) is 8.65. The van der Waals surface area contributed by atoms with Gasteiger partial charge in [0.25, 0.3) is 0 Å². The van der Waals surface area contributed by atoms with Crippen molar-refractivity contribution in [3.8, 4) is 0 Å². The molecular weight excluding hydrogens is 343 g/mol. The zero-order chi connectivity index (χ0) is 18.6. The lowest BCUT2D eigenvalue weighted by atomic mass is 9.96. The Hall–Kier alpha value is -2.02. The van der Waals surface area contributed by atoms with Crippen LogP contribution in [-0.2, 0) is 9.53 Å². The number of benzene rings is 1. The molecule has 1 saturated heterocycles. The van der Waals surface area contributed by atoms with Gasteiger partial charge in [-0.05, 0) is 57.9 Å². The largest absolute Gasteiger partial charge is 0.444 e. The second kappa shape index (κ2) is 7.91. The summed E-state index contributed by atoms with van der Waals surface area (Å²) >= 11 is 5.19. The molecule has 0 unspecified atom stereocenters. The number of amides is 2. The van der Waals surface area contributed by atoms with E-state index in [0.29, 0.717) is 31.5 Å². The summed E-state index contributed by atoms with van der Waals surface area (Å²) in [5, 5.41) is 2.70. The third-order valence-electron chi connectivity index (χ3n) is 3.86. The van der Waals surface area contributed by atoms with E-state index in [0.717, 1.165) is 0 Å². The number of carbonyl (C=O) groups excluding carboxylic acids is 2. The van der Waals surface area contributed by atoms with E-state index < -0.39 is 5.60 Å². The summed E-state index contributed by atoms with van der Waals surface area (Å²) in [7, 11) is 0. The Bertz CT molecular complexity index is 647. The van der Waals surface area contributed by atoms with Crippen LogP contribution in [0, 0.1) is 11.7 Å². The molecule has 1 fully saturated rings. The number of carbonyl (C=O) groups is 2. The molecule has 0 radical (unpaired) electrons. The first-order chi connectivity index (χ1) is 11.7. The number of piperidine rings is 1. The molecule has 1 aromatic carbocycles. The van der Waals surface area contributed by atoms with E-state index in [9.17, 15) is 14.0 Å². The van der Waals surface area contributed by atoms with E-state index in [-0.39, 0.29) is 28.7 Å². The van der Waals surface area contributed by atoms with E-state index in [2.05, 4.69) is 5.32 Å². The van der Waals surface area contributed by atoms with Gasteiger partial charge in [-0.15, -0.1) is 0 Å². The number of ether oxygens (including phenoxy) is 1.